The highest BCUT2D eigenvalue weighted by molar-refractivity contribution is 6.05. The zero-order valence-corrected chi connectivity index (χ0v) is 17.4. The van der Waals surface area contributed by atoms with Gasteiger partial charge in [0.25, 0.3) is 5.91 Å². The summed E-state index contributed by atoms with van der Waals surface area (Å²) in [6, 6.07) is 6.78. The van der Waals surface area contributed by atoms with E-state index in [2.05, 4.69) is 11.9 Å². The average molecular weight is 402 g/mol. The number of ether oxygens (including phenoxy) is 1. The smallest absolute Gasteiger partial charge is 0.338 e. The number of esters is 1. The number of rotatable bonds is 5. The molecule has 0 aromatic heterocycles. The quantitative estimate of drug-likeness (QED) is 0.705. The second-order valence-electron chi connectivity index (χ2n) is 8.02. The van der Waals surface area contributed by atoms with Crippen molar-refractivity contribution in [1.29, 1.82) is 0 Å². The molecule has 2 heterocycles. The van der Waals surface area contributed by atoms with E-state index in [9.17, 15) is 14.4 Å². The van der Waals surface area contributed by atoms with Crippen molar-refractivity contribution in [2.24, 2.45) is 5.92 Å². The van der Waals surface area contributed by atoms with Crippen LogP contribution in [0.3, 0.4) is 0 Å². The topological polar surface area (TPSA) is 70.2 Å². The highest BCUT2D eigenvalue weighted by Gasteiger charge is 2.28. The maximum absolute atomic E-state index is 13.0. The van der Waals surface area contributed by atoms with Crippen LogP contribution in [0.4, 0.5) is 0 Å². The van der Waals surface area contributed by atoms with E-state index in [-0.39, 0.29) is 11.8 Å². The van der Waals surface area contributed by atoms with Crippen molar-refractivity contribution in [3.8, 4) is 0 Å². The minimum absolute atomic E-state index is 0.138. The van der Waals surface area contributed by atoms with Gasteiger partial charge >= 0.3 is 5.97 Å². The van der Waals surface area contributed by atoms with Crippen LogP contribution in [-0.2, 0) is 9.53 Å². The van der Waals surface area contributed by atoms with Gasteiger partial charge in [-0.2, -0.15) is 0 Å². The molecule has 0 bridgehead atoms. The van der Waals surface area contributed by atoms with Gasteiger partial charge in [-0.3, -0.25) is 9.59 Å². The minimum Gasteiger partial charge on any atom is -0.465 e. The molecule has 0 saturated carbocycles. The summed E-state index contributed by atoms with van der Waals surface area (Å²) < 4.78 is 4.81. The average Bonchev–Trinajstić information content (AvgIpc) is 2.77. The Morgan fingerprint density at radius 3 is 2.38 bits per heavy atom. The molecule has 2 amide bonds. The Morgan fingerprint density at radius 2 is 1.69 bits per heavy atom. The Morgan fingerprint density at radius 1 is 1.00 bits per heavy atom. The Hall–Kier alpha value is -2.41. The van der Waals surface area contributed by atoms with Crippen molar-refractivity contribution in [2.45, 2.75) is 25.7 Å². The third kappa shape index (κ3) is 5.35. The summed E-state index contributed by atoms with van der Waals surface area (Å²) in [4.78, 5) is 43.6. The van der Waals surface area contributed by atoms with E-state index in [4.69, 9.17) is 4.74 Å². The first-order valence-corrected chi connectivity index (χ1v) is 10.4. The number of benzene rings is 1. The molecule has 0 aliphatic carbocycles. The molecule has 7 nitrogen and oxygen atoms in total. The van der Waals surface area contributed by atoms with E-state index in [0.717, 1.165) is 45.4 Å². The predicted molar refractivity (Wildman–Crippen MR) is 110 cm³/mol. The minimum atomic E-state index is -0.500. The molecule has 29 heavy (non-hydrogen) atoms. The van der Waals surface area contributed by atoms with Crippen LogP contribution in [0.1, 0.15) is 46.4 Å². The van der Waals surface area contributed by atoms with E-state index in [1.807, 2.05) is 9.80 Å². The summed E-state index contributed by atoms with van der Waals surface area (Å²) in [6.45, 7) is 4.76. The van der Waals surface area contributed by atoms with Crippen molar-refractivity contribution in [3.63, 3.8) is 0 Å². The zero-order chi connectivity index (χ0) is 20.8. The summed E-state index contributed by atoms with van der Waals surface area (Å²) in [5.74, 6) is -0.103. The lowest BCUT2D eigenvalue weighted by Crippen LogP contribution is -2.47. The van der Waals surface area contributed by atoms with Gasteiger partial charge in [0.2, 0.25) is 5.91 Å². The SMILES string of the molecule is COC(=O)c1ccccc1C(=O)N1CCC[C@H](CCC(=O)N2CCN(C)CC2)C1. The molecule has 1 atom stereocenters. The normalized spacial score (nSPS) is 20.4. The van der Waals surface area contributed by atoms with E-state index in [1.165, 1.54) is 7.11 Å². The van der Waals surface area contributed by atoms with Crippen LogP contribution < -0.4 is 0 Å². The van der Waals surface area contributed by atoms with Crippen LogP contribution in [-0.4, -0.2) is 85.9 Å². The highest BCUT2D eigenvalue weighted by Crippen LogP contribution is 2.24. The molecule has 2 aliphatic heterocycles. The van der Waals surface area contributed by atoms with Gasteiger partial charge in [0, 0.05) is 45.7 Å². The summed E-state index contributed by atoms with van der Waals surface area (Å²) in [6.07, 6.45) is 3.28. The first-order valence-electron chi connectivity index (χ1n) is 10.4. The molecule has 1 aromatic rings. The molecule has 2 saturated heterocycles. The number of carbonyl (C=O) groups is 3. The van der Waals surface area contributed by atoms with E-state index in [0.29, 0.717) is 36.6 Å². The van der Waals surface area contributed by atoms with Gasteiger partial charge in [0.15, 0.2) is 0 Å². The fourth-order valence-corrected chi connectivity index (χ4v) is 4.15. The molecule has 0 unspecified atom stereocenters. The van der Waals surface area contributed by atoms with E-state index in [1.54, 1.807) is 24.3 Å². The maximum atomic E-state index is 13.0. The summed E-state index contributed by atoms with van der Waals surface area (Å²) in [5.41, 5.74) is 0.681. The zero-order valence-electron chi connectivity index (χ0n) is 17.4. The van der Waals surface area contributed by atoms with Crippen LogP contribution in [0.2, 0.25) is 0 Å². The van der Waals surface area contributed by atoms with Gasteiger partial charge in [-0.15, -0.1) is 0 Å². The van der Waals surface area contributed by atoms with Gasteiger partial charge in [0.1, 0.15) is 0 Å². The second kappa shape index (κ2) is 9.87. The lowest BCUT2D eigenvalue weighted by atomic mass is 9.92. The van der Waals surface area contributed by atoms with Crippen molar-refractivity contribution in [1.82, 2.24) is 14.7 Å². The monoisotopic (exact) mass is 401 g/mol. The number of likely N-dealkylation sites (tertiary alicyclic amines) is 1. The van der Waals surface area contributed by atoms with E-state index >= 15 is 0 Å². The Kier molecular flexibility index (Phi) is 7.25. The van der Waals surface area contributed by atoms with Gasteiger partial charge in [-0.05, 0) is 44.4 Å². The molecule has 7 heteroatoms. The fourth-order valence-electron chi connectivity index (χ4n) is 4.15. The molecule has 158 valence electrons. The van der Waals surface area contributed by atoms with Gasteiger partial charge in [-0.25, -0.2) is 4.79 Å². The van der Waals surface area contributed by atoms with Crippen molar-refractivity contribution < 1.29 is 19.1 Å². The second-order valence-corrected chi connectivity index (χ2v) is 8.02. The molecule has 0 radical (unpaired) electrons. The Bertz CT molecular complexity index is 743. The molecular weight excluding hydrogens is 370 g/mol. The molecule has 1 aromatic carbocycles. The molecule has 2 aliphatic rings. The summed E-state index contributed by atoms with van der Waals surface area (Å²) in [7, 11) is 3.39. The van der Waals surface area contributed by atoms with Gasteiger partial charge < -0.3 is 19.4 Å². The number of carbonyl (C=O) groups excluding carboxylic acids is 3. The molecule has 0 spiro atoms. The molecule has 2 fully saturated rings. The number of piperidine rings is 1. The number of hydrogen-bond acceptors (Lipinski definition) is 5. The third-order valence-corrected chi connectivity index (χ3v) is 5.99. The number of piperazine rings is 1. The van der Waals surface area contributed by atoms with Crippen LogP contribution in [0.5, 0.6) is 0 Å². The number of methoxy groups -OCH3 is 1. The van der Waals surface area contributed by atoms with Crippen molar-refractivity contribution >= 4 is 17.8 Å². The van der Waals surface area contributed by atoms with Crippen LogP contribution in [0.15, 0.2) is 24.3 Å². The summed E-state index contributed by atoms with van der Waals surface area (Å²) in [5, 5.41) is 0. The Labute approximate surface area is 172 Å². The van der Waals surface area contributed by atoms with Crippen LogP contribution in [0.25, 0.3) is 0 Å². The maximum Gasteiger partial charge on any atom is 0.338 e. The Balaban J connectivity index is 1.56. The van der Waals surface area contributed by atoms with Crippen molar-refractivity contribution in [3.05, 3.63) is 35.4 Å². The van der Waals surface area contributed by atoms with Crippen LogP contribution >= 0.6 is 0 Å². The first-order chi connectivity index (χ1) is 14.0. The molecular formula is C22H31N3O4. The standard InChI is InChI=1S/C22H31N3O4/c1-23-12-14-24(15-13-23)20(26)10-9-17-6-5-11-25(16-17)21(27)18-7-3-4-8-19(18)22(28)29-2/h3-4,7-8,17H,5-6,9-16H2,1-2H3/t17-/m1/s1. The lowest BCUT2D eigenvalue weighted by Gasteiger charge is -2.35. The summed E-state index contributed by atoms with van der Waals surface area (Å²) >= 11 is 0. The number of nitrogens with zero attached hydrogens (tertiary/aromatic N) is 3. The van der Waals surface area contributed by atoms with Gasteiger partial charge in [0.05, 0.1) is 18.2 Å². The van der Waals surface area contributed by atoms with Crippen molar-refractivity contribution in [2.75, 3.05) is 53.4 Å². The van der Waals surface area contributed by atoms with Gasteiger partial charge in [-0.1, -0.05) is 12.1 Å². The first kappa shape index (κ1) is 21.3. The molecule has 0 N–H and O–H groups in total. The lowest BCUT2D eigenvalue weighted by molar-refractivity contribution is -0.133. The molecule has 3 rings (SSSR count). The largest absolute Gasteiger partial charge is 0.465 e. The predicted octanol–water partition coefficient (Wildman–Crippen LogP) is 1.88. The number of likely N-dealkylation sites (N-methyl/N-ethyl adjacent to an activating group) is 1. The van der Waals surface area contributed by atoms with E-state index < -0.39 is 5.97 Å². The fraction of sp³-hybridized carbons (Fsp3) is 0.591. The number of hydrogen-bond donors (Lipinski definition) is 0. The van der Waals surface area contributed by atoms with Crippen LogP contribution in [0, 0.1) is 5.92 Å². The highest BCUT2D eigenvalue weighted by atomic mass is 16.5. The third-order valence-electron chi connectivity index (χ3n) is 5.99. The number of amides is 2.